The lowest BCUT2D eigenvalue weighted by molar-refractivity contribution is 0.318. The summed E-state index contributed by atoms with van der Waals surface area (Å²) >= 11 is 5.15. The van der Waals surface area contributed by atoms with E-state index in [1.165, 1.54) is 4.88 Å². The van der Waals surface area contributed by atoms with E-state index in [1.54, 1.807) is 24.5 Å². The normalized spacial score (nSPS) is 11.6. The first kappa shape index (κ1) is 15.8. The van der Waals surface area contributed by atoms with Crippen LogP contribution in [-0.4, -0.2) is 18.2 Å². The van der Waals surface area contributed by atoms with Gasteiger partial charge in [0, 0.05) is 27.8 Å². The van der Waals surface area contributed by atoms with Crippen molar-refractivity contribution in [3.05, 3.63) is 50.1 Å². The molecule has 0 spiro atoms. The lowest BCUT2D eigenvalue weighted by Gasteiger charge is -2.10. The minimum atomic E-state index is 0.0368. The van der Waals surface area contributed by atoms with E-state index in [1.807, 2.05) is 12.1 Å². The third kappa shape index (κ3) is 4.20. The highest BCUT2D eigenvalue weighted by Crippen LogP contribution is 2.21. The Morgan fingerprint density at radius 2 is 2.24 bits per heavy atom. The van der Waals surface area contributed by atoms with Crippen LogP contribution in [0.1, 0.15) is 16.0 Å². The summed E-state index contributed by atoms with van der Waals surface area (Å²) in [5.74, 6) is 0.623. The molecule has 7 heteroatoms. The highest BCUT2D eigenvalue weighted by atomic mass is 79.9. The molecule has 0 amide bonds. The molecular weight excluding hydrogens is 354 g/mol. The molecule has 0 fully saturated rings. The second-order valence-electron chi connectivity index (χ2n) is 4.35. The van der Waals surface area contributed by atoms with Crippen LogP contribution in [0.15, 0.2) is 39.3 Å². The number of ether oxygens (including phenoxy) is 1. The van der Waals surface area contributed by atoms with E-state index in [-0.39, 0.29) is 5.84 Å². The zero-order chi connectivity index (χ0) is 15.2. The molecule has 0 aliphatic carbocycles. The van der Waals surface area contributed by atoms with Gasteiger partial charge in [-0.1, -0.05) is 11.2 Å². The molecule has 0 saturated carbocycles. The van der Waals surface area contributed by atoms with E-state index in [0.29, 0.717) is 17.9 Å². The SMILES string of the molecule is COc1cc(CNCc2cc(Br)cs2)ccc1/C(N)=N/O. The first-order chi connectivity index (χ1) is 10.1. The Morgan fingerprint density at radius 3 is 2.86 bits per heavy atom. The Morgan fingerprint density at radius 1 is 1.43 bits per heavy atom. The van der Waals surface area contributed by atoms with Crippen LogP contribution in [0.2, 0.25) is 0 Å². The summed E-state index contributed by atoms with van der Waals surface area (Å²) in [5.41, 5.74) is 7.24. The van der Waals surface area contributed by atoms with E-state index in [4.69, 9.17) is 15.7 Å². The topological polar surface area (TPSA) is 79.9 Å². The van der Waals surface area contributed by atoms with E-state index >= 15 is 0 Å². The molecule has 1 heterocycles. The Kier molecular flexibility index (Phi) is 5.60. The highest BCUT2D eigenvalue weighted by molar-refractivity contribution is 9.10. The van der Waals surface area contributed by atoms with Gasteiger partial charge in [0.25, 0.3) is 0 Å². The van der Waals surface area contributed by atoms with E-state index in [2.05, 4.69) is 37.8 Å². The molecule has 5 nitrogen and oxygen atoms in total. The summed E-state index contributed by atoms with van der Waals surface area (Å²) < 4.78 is 6.38. The minimum Gasteiger partial charge on any atom is -0.496 e. The summed E-state index contributed by atoms with van der Waals surface area (Å²) in [6, 6.07) is 7.68. The molecule has 112 valence electrons. The monoisotopic (exact) mass is 369 g/mol. The van der Waals surface area contributed by atoms with Crippen molar-refractivity contribution in [2.75, 3.05) is 7.11 Å². The van der Waals surface area contributed by atoms with Crippen molar-refractivity contribution in [1.82, 2.24) is 5.32 Å². The van der Waals surface area contributed by atoms with Crippen molar-refractivity contribution in [3.63, 3.8) is 0 Å². The Hall–Kier alpha value is -1.57. The lowest BCUT2D eigenvalue weighted by atomic mass is 10.1. The van der Waals surface area contributed by atoms with Gasteiger partial charge in [-0.25, -0.2) is 0 Å². The molecule has 2 rings (SSSR count). The van der Waals surface area contributed by atoms with Crippen LogP contribution in [0.4, 0.5) is 0 Å². The summed E-state index contributed by atoms with van der Waals surface area (Å²) in [7, 11) is 1.56. The third-order valence-electron chi connectivity index (χ3n) is 2.90. The number of benzene rings is 1. The van der Waals surface area contributed by atoms with Crippen LogP contribution >= 0.6 is 27.3 Å². The van der Waals surface area contributed by atoms with Gasteiger partial charge in [0.15, 0.2) is 5.84 Å². The maximum atomic E-state index is 8.74. The van der Waals surface area contributed by atoms with Crippen molar-refractivity contribution >= 4 is 33.1 Å². The molecule has 0 radical (unpaired) electrons. The maximum Gasteiger partial charge on any atom is 0.173 e. The molecule has 0 aliphatic rings. The van der Waals surface area contributed by atoms with Gasteiger partial charge in [0.1, 0.15) is 5.75 Å². The van der Waals surface area contributed by atoms with Crippen LogP contribution < -0.4 is 15.8 Å². The van der Waals surface area contributed by atoms with Gasteiger partial charge in [0.2, 0.25) is 0 Å². The second kappa shape index (κ2) is 7.44. The fraction of sp³-hybridized carbons (Fsp3) is 0.214. The number of methoxy groups -OCH3 is 1. The fourth-order valence-corrected chi connectivity index (χ4v) is 3.31. The molecule has 0 unspecified atom stereocenters. The minimum absolute atomic E-state index is 0.0368. The second-order valence-corrected chi connectivity index (χ2v) is 6.27. The number of nitrogens with two attached hydrogens (primary N) is 1. The van der Waals surface area contributed by atoms with Crippen molar-refractivity contribution in [2.45, 2.75) is 13.1 Å². The number of hydrogen-bond acceptors (Lipinski definition) is 5. The average molecular weight is 370 g/mol. The number of amidine groups is 1. The van der Waals surface area contributed by atoms with Crippen molar-refractivity contribution < 1.29 is 9.94 Å². The van der Waals surface area contributed by atoms with Crippen molar-refractivity contribution in [1.29, 1.82) is 0 Å². The quantitative estimate of drug-likeness (QED) is 0.316. The van der Waals surface area contributed by atoms with Crippen LogP contribution in [-0.2, 0) is 13.1 Å². The standard InChI is InChI=1S/C14H16BrN3O2S/c1-20-13-4-9(2-3-12(13)14(16)18-19)6-17-7-11-5-10(15)8-21-11/h2-5,8,17,19H,6-7H2,1H3,(H2,16,18). The molecule has 21 heavy (non-hydrogen) atoms. The molecular formula is C14H16BrN3O2S. The van der Waals surface area contributed by atoms with Gasteiger partial charge in [-0.15, -0.1) is 11.3 Å². The molecule has 1 aromatic heterocycles. The van der Waals surface area contributed by atoms with E-state index in [9.17, 15) is 0 Å². The molecule has 0 bridgehead atoms. The number of oxime groups is 1. The van der Waals surface area contributed by atoms with Crippen LogP contribution in [0, 0.1) is 0 Å². The smallest absolute Gasteiger partial charge is 0.173 e. The lowest BCUT2D eigenvalue weighted by Crippen LogP contribution is -2.16. The fourth-order valence-electron chi connectivity index (χ4n) is 1.89. The van der Waals surface area contributed by atoms with Gasteiger partial charge >= 0.3 is 0 Å². The number of nitrogens with one attached hydrogen (secondary N) is 1. The Balaban J connectivity index is 2.00. The zero-order valence-electron chi connectivity index (χ0n) is 11.5. The summed E-state index contributed by atoms with van der Waals surface area (Å²) in [6.07, 6.45) is 0. The predicted molar refractivity (Wildman–Crippen MR) is 88.1 cm³/mol. The van der Waals surface area contributed by atoms with Gasteiger partial charge in [-0.3, -0.25) is 0 Å². The number of rotatable bonds is 6. The first-order valence-electron chi connectivity index (χ1n) is 6.22. The third-order valence-corrected chi connectivity index (χ3v) is 4.60. The number of halogens is 1. The zero-order valence-corrected chi connectivity index (χ0v) is 13.9. The predicted octanol–water partition coefficient (Wildman–Crippen LogP) is 2.90. The number of hydrogen-bond donors (Lipinski definition) is 3. The van der Waals surface area contributed by atoms with Crippen molar-refractivity contribution in [3.8, 4) is 5.75 Å². The highest BCUT2D eigenvalue weighted by Gasteiger charge is 2.08. The molecule has 0 saturated heterocycles. The van der Waals surface area contributed by atoms with Crippen molar-refractivity contribution in [2.24, 2.45) is 10.9 Å². The molecule has 1 aromatic carbocycles. The number of nitrogens with zero attached hydrogens (tertiary/aromatic N) is 1. The average Bonchev–Trinajstić information content (AvgIpc) is 2.91. The summed E-state index contributed by atoms with van der Waals surface area (Å²) in [4.78, 5) is 1.27. The molecule has 0 atom stereocenters. The summed E-state index contributed by atoms with van der Waals surface area (Å²) in [6.45, 7) is 1.52. The van der Waals surface area contributed by atoms with Crippen LogP contribution in [0.25, 0.3) is 0 Å². The maximum absolute atomic E-state index is 8.74. The molecule has 2 aromatic rings. The molecule has 4 N–H and O–H groups in total. The Bertz CT molecular complexity index is 643. The van der Waals surface area contributed by atoms with Gasteiger partial charge in [-0.05, 0) is 39.7 Å². The first-order valence-corrected chi connectivity index (χ1v) is 7.89. The van der Waals surface area contributed by atoms with E-state index < -0.39 is 0 Å². The Labute approximate surface area is 135 Å². The van der Waals surface area contributed by atoms with Gasteiger partial charge in [0.05, 0.1) is 12.7 Å². The van der Waals surface area contributed by atoms with Crippen LogP contribution in [0.3, 0.4) is 0 Å². The number of thiophene rings is 1. The largest absolute Gasteiger partial charge is 0.496 e. The van der Waals surface area contributed by atoms with Gasteiger partial charge < -0.3 is 21.0 Å². The van der Waals surface area contributed by atoms with Gasteiger partial charge in [-0.2, -0.15) is 0 Å². The van der Waals surface area contributed by atoms with E-state index in [0.717, 1.165) is 16.6 Å². The molecule has 0 aliphatic heterocycles. The summed E-state index contributed by atoms with van der Waals surface area (Å²) in [5, 5.41) is 17.2. The van der Waals surface area contributed by atoms with Crippen LogP contribution in [0.5, 0.6) is 5.75 Å².